The molecule has 4 fully saturated rings. The molecule has 0 aromatic heterocycles. The first-order valence-corrected chi connectivity index (χ1v) is 11.0. The Morgan fingerprint density at radius 2 is 1.23 bits per heavy atom. The minimum atomic E-state index is 0.320. The minimum absolute atomic E-state index is 0.320. The van der Waals surface area contributed by atoms with Gasteiger partial charge in [-0.1, -0.05) is 12.8 Å². The van der Waals surface area contributed by atoms with Gasteiger partial charge in [0.15, 0.2) is 0 Å². The zero-order chi connectivity index (χ0) is 17.9. The molecule has 0 aromatic rings. The summed E-state index contributed by atoms with van der Waals surface area (Å²) in [6, 6.07) is 1.30. The number of hydrogen-bond acceptors (Lipinski definition) is 3. The van der Waals surface area contributed by atoms with Gasteiger partial charge >= 0.3 is 0 Å². The molecule has 26 heavy (non-hydrogen) atoms. The van der Waals surface area contributed by atoms with E-state index in [4.69, 9.17) is 0 Å². The third-order valence-electron chi connectivity index (χ3n) is 7.17. The number of rotatable bonds is 4. The number of nitrogens with zero attached hydrogens (tertiary/aromatic N) is 2. The summed E-state index contributed by atoms with van der Waals surface area (Å²) >= 11 is 0. The van der Waals surface area contributed by atoms with Crippen molar-refractivity contribution in [3.8, 4) is 0 Å². The van der Waals surface area contributed by atoms with Crippen molar-refractivity contribution in [2.45, 2.75) is 82.7 Å². The van der Waals surface area contributed by atoms with Gasteiger partial charge in [-0.05, 0) is 56.8 Å². The standard InChI is InChI=1S/C21H35N3O2/c25-20(14-16-4-1-2-5-16)23-8-3-9-24(11-10-23)21(26)15-17-12-18-6-7-19(13-17)22-18/h16-19,22H,1-15H2. The van der Waals surface area contributed by atoms with E-state index in [9.17, 15) is 9.59 Å². The second-order valence-electron chi connectivity index (χ2n) is 9.15. The molecule has 2 bridgehead atoms. The largest absolute Gasteiger partial charge is 0.341 e. The molecule has 0 spiro atoms. The highest BCUT2D eigenvalue weighted by molar-refractivity contribution is 5.78. The number of fused-ring (bicyclic) bond motifs is 2. The Balaban J connectivity index is 1.23. The van der Waals surface area contributed by atoms with Crippen LogP contribution in [0.1, 0.15) is 70.6 Å². The Kier molecular flexibility index (Phi) is 5.82. The number of amides is 2. The van der Waals surface area contributed by atoms with Crippen molar-refractivity contribution in [3.63, 3.8) is 0 Å². The average molecular weight is 362 g/mol. The molecule has 4 aliphatic rings. The van der Waals surface area contributed by atoms with Gasteiger partial charge in [0.05, 0.1) is 0 Å². The van der Waals surface area contributed by atoms with E-state index in [2.05, 4.69) is 5.32 Å². The monoisotopic (exact) mass is 361 g/mol. The molecule has 0 aromatic carbocycles. The Bertz CT molecular complexity index is 505. The number of carbonyl (C=O) groups excluding carboxylic acids is 2. The lowest BCUT2D eigenvalue weighted by atomic mass is 9.89. The van der Waals surface area contributed by atoms with Gasteiger partial charge in [-0.25, -0.2) is 0 Å². The lowest BCUT2D eigenvalue weighted by molar-refractivity contribution is -0.134. The number of nitrogens with one attached hydrogen (secondary N) is 1. The van der Waals surface area contributed by atoms with Gasteiger partial charge in [0.25, 0.3) is 0 Å². The van der Waals surface area contributed by atoms with Crippen LogP contribution in [0.15, 0.2) is 0 Å². The molecule has 2 atom stereocenters. The molecule has 5 heteroatoms. The Morgan fingerprint density at radius 3 is 1.81 bits per heavy atom. The summed E-state index contributed by atoms with van der Waals surface area (Å²) in [6.45, 7) is 3.11. The first-order chi connectivity index (χ1) is 12.7. The Hall–Kier alpha value is -1.10. The van der Waals surface area contributed by atoms with Gasteiger partial charge in [-0.2, -0.15) is 0 Å². The van der Waals surface area contributed by atoms with Crippen LogP contribution in [-0.2, 0) is 9.59 Å². The zero-order valence-electron chi connectivity index (χ0n) is 16.1. The summed E-state index contributed by atoms with van der Waals surface area (Å²) in [5.74, 6) is 1.81. The molecule has 2 unspecified atom stereocenters. The molecule has 146 valence electrons. The molecule has 1 N–H and O–H groups in total. The molecule has 3 saturated heterocycles. The highest BCUT2D eigenvalue weighted by Gasteiger charge is 2.35. The van der Waals surface area contributed by atoms with Crippen molar-refractivity contribution in [3.05, 3.63) is 0 Å². The second kappa shape index (κ2) is 8.28. The van der Waals surface area contributed by atoms with Gasteiger partial charge < -0.3 is 15.1 Å². The van der Waals surface area contributed by atoms with Gasteiger partial charge in [-0.3, -0.25) is 9.59 Å². The summed E-state index contributed by atoms with van der Waals surface area (Å²) < 4.78 is 0. The number of carbonyl (C=O) groups is 2. The fourth-order valence-electron chi connectivity index (χ4n) is 5.72. The average Bonchev–Trinajstić information content (AvgIpc) is 3.16. The van der Waals surface area contributed by atoms with Crippen LogP contribution in [0, 0.1) is 11.8 Å². The third-order valence-corrected chi connectivity index (χ3v) is 7.17. The SMILES string of the molecule is O=C(CC1CCCC1)N1CCCN(C(=O)CC2CC3CCC(C2)N3)CC1. The van der Waals surface area contributed by atoms with E-state index in [1.807, 2.05) is 9.80 Å². The highest BCUT2D eigenvalue weighted by atomic mass is 16.2. The molecule has 0 radical (unpaired) electrons. The smallest absolute Gasteiger partial charge is 0.222 e. The number of hydrogen-bond donors (Lipinski definition) is 1. The van der Waals surface area contributed by atoms with Crippen LogP contribution in [0.3, 0.4) is 0 Å². The molecule has 1 saturated carbocycles. The van der Waals surface area contributed by atoms with Crippen molar-refractivity contribution in [1.82, 2.24) is 15.1 Å². The fourth-order valence-corrected chi connectivity index (χ4v) is 5.72. The van der Waals surface area contributed by atoms with Crippen LogP contribution in [0.4, 0.5) is 0 Å². The van der Waals surface area contributed by atoms with Crippen LogP contribution in [0.25, 0.3) is 0 Å². The fraction of sp³-hybridized carbons (Fsp3) is 0.905. The summed E-state index contributed by atoms with van der Waals surface area (Å²) in [5.41, 5.74) is 0. The first-order valence-electron chi connectivity index (χ1n) is 11.0. The summed E-state index contributed by atoms with van der Waals surface area (Å²) in [4.78, 5) is 29.5. The van der Waals surface area contributed by atoms with E-state index in [1.54, 1.807) is 0 Å². The van der Waals surface area contributed by atoms with Crippen molar-refractivity contribution >= 4 is 11.8 Å². The van der Waals surface area contributed by atoms with Gasteiger partial charge in [0, 0.05) is 51.1 Å². The van der Waals surface area contributed by atoms with E-state index in [0.717, 1.165) is 39.0 Å². The highest BCUT2D eigenvalue weighted by Crippen LogP contribution is 2.33. The van der Waals surface area contributed by atoms with E-state index >= 15 is 0 Å². The van der Waals surface area contributed by atoms with Crippen LogP contribution in [0.2, 0.25) is 0 Å². The maximum atomic E-state index is 12.8. The lowest BCUT2D eigenvalue weighted by Crippen LogP contribution is -2.41. The molecular weight excluding hydrogens is 326 g/mol. The Morgan fingerprint density at radius 1 is 0.692 bits per heavy atom. The molecule has 1 aliphatic carbocycles. The van der Waals surface area contributed by atoms with Gasteiger partial charge in [-0.15, -0.1) is 0 Å². The molecular formula is C21H35N3O2. The second-order valence-corrected chi connectivity index (χ2v) is 9.15. The van der Waals surface area contributed by atoms with Crippen molar-refractivity contribution < 1.29 is 9.59 Å². The third kappa shape index (κ3) is 4.41. The lowest BCUT2D eigenvalue weighted by Gasteiger charge is -2.30. The quantitative estimate of drug-likeness (QED) is 0.837. The number of piperidine rings is 1. The van der Waals surface area contributed by atoms with Crippen molar-refractivity contribution in [2.24, 2.45) is 11.8 Å². The first kappa shape index (κ1) is 18.3. The normalized spacial score (nSPS) is 32.7. The van der Waals surface area contributed by atoms with Crippen LogP contribution >= 0.6 is 0 Å². The van der Waals surface area contributed by atoms with Crippen LogP contribution < -0.4 is 5.32 Å². The van der Waals surface area contributed by atoms with E-state index in [0.29, 0.717) is 42.2 Å². The topological polar surface area (TPSA) is 52.7 Å². The van der Waals surface area contributed by atoms with E-state index < -0.39 is 0 Å². The molecule has 4 rings (SSSR count). The summed E-state index contributed by atoms with van der Waals surface area (Å²) in [7, 11) is 0. The summed E-state index contributed by atoms with van der Waals surface area (Å²) in [5, 5.41) is 3.66. The van der Waals surface area contributed by atoms with Gasteiger partial charge in [0.1, 0.15) is 0 Å². The van der Waals surface area contributed by atoms with E-state index in [1.165, 1.54) is 51.4 Å². The summed E-state index contributed by atoms with van der Waals surface area (Å²) in [6.07, 6.45) is 12.3. The Labute approximate surface area is 157 Å². The molecule has 5 nitrogen and oxygen atoms in total. The maximum absolute atomic E-state index is 12.8. The predicted octanol–water partition coefficient (Wildman–Crippen LogP) is 2.55. The van der Waals surface area contributed by atoms with Crippen molar-refractivity contribution in [1.29, 1.82) is 0 Å². The molecule has 2 amide bonds. The predicted molar refractivity (Wildman–Crippen MR) is 102 cm³/mol. The van der Waals surface area contributed by atoms with Crippen LogP contribution in [0.5, 0.6) is 0 Å². The van der Waals surface area contributed by atoms with Crippen LogP contribution in [-0.4, -0.2) is 59.9 Å². The molecule has 3 aliphatic heterocycles. The van der Waals surface area contributed by atoms with Crippen molar-refractivity contribution in [2.75, 3.05) is 26.2 Å². The zero-order valence-corrected chi connectivity index (χ0v) is 16.1. The van der Waals surface area contributed by atoms with Gasteiger partial charge in [0.2, 0.25) is 11.8 Å². The van der Waals surface area contributed by atoms with E-state index in [-0.39, 0.29) is 0 Å². The molecule has 3 heterocycles. The minimum Gasteiger partial charge on any atom is -0.341 e. The maximum Gasteiger partial charge on any atom is 0.222 e.